The number of fused-ring (bicyclic) bond motifs is 2. The summed E-state index contributed by atoms with van der Waals surface area (Å²) in [5.41, 5.74) is 3.39. The summed E-state index contributed by atoms with van der Waals surface area (Å²) in [4.78, 5) is 8.28. The second kappa shape index (κ2) is 7.88. The predicted molar refractivity (Wildman–Crippen MR) is 121 cm³/mol. The highest BCUT2D eigenvalue weighted by Crippen LogP contribution is 2.47. The molecule has 0 atom stereocenters. The van der Waals surface area contributed by atoms with E-state index < -0.39 is 0 Å². The molecule has 0 aliphatic carbocycles. The number of benzene rings is 2. The summed E-state index contributed by atoms with van der Waals surface area (Å²) < 4.78 is 1.15. The molecule has 138 valence electrons. The molecule has 1 aliphatic heterocycles. The molecule has 0 bridgehead atoms. The van der Waals surface area contributed by atoms with Crippen LogP contribution in [0.4, 0.5) is 5.69 Å². The number of allylic oxidation sites excluding steroid dienone is 2. The topological polar surface area (TPSA) is 16.1 Å². The molecule has 0 radical (unpaired) electrons. The molecular weight excluding hydrogens is 415 g/mol. The Kier molecular flexibility index (Phi) is 5.51. The number of anilines is 1. The van der Waals surface area contributed by atoms with Crippen molar-refractivity contribution in [1.29, 1.82) is 0 Å². The number of hydrogen-bond acceptors (Lipinski definition) is 4. The molecule has 0 N–H and O–H groups in total. The van der Waals surface area contributed by atoms with E-state index >= 15 is 0 Å². The lowest BCUT2D eigenvalue weighted by Gasteiger charge is -2.18. The van der Waals surface area contributed by atoms with E-state index in [9.17, 15) is 0 Å². The second-order valence-corrected chi connectivity index (χ2v) is 9.18. The summed E-state index contributed by atoms with van der Waals surface area (Å²) >= 11 is 15.8. The van der Waals surface area contributed by atoms with Crippen molar-refractivity contribution < 1.29 is 0 Å². The zero-order chi connectivity index (χ0) is 19.0. The fourth-order valence-corrected chi connectivity index (χ4v) is 5.49. The molecular formula is C21H18Cl2N2S2. The zero-order valence-corrected chi connectivity index (χ0v) is 18.1. The fourth-order valence-electron chi connectivity index (χ4n) is 3.05. The molecule has 2 heterocycles. The monoisotopic (exact) mass is 432 g/mol. The van der Waals surface area contributed by atoms with Gasteiger partial charge < -0.3 is 4.90 Å². The van der Waals surface area contributed by atoms with Crippen molar-refractivity contribution in [2.24, 2.45) is 0 Å². The number of thioether (sulfide) groups is 1. The highest BCUT2D eigenvalue weighted by Gasteiger charge is 2.24. The molecule has 3 aromatic rings. The van der Waals surface area contributed by atoms with Crippen molar-refractivity contribution in [2.75, 3.05) is 11.4 Å². The first kappa shape index (κ1) is 18.9. The smallest absolute Gasteiger partial charge is 0.117 e. The van der Waals surface area contributed by atoms with E-state index in [4.69, 9.17) is 28.2 Å². The predicted octanol–water partition coefficient (Wildman–Crippen LogP) is 7.87. The Labute approximate surface area is 177 Å². The van der Waals surface area contributed by atoms with Gasteiger partial charge in [0.25, 0.3) is 0 Å². The number of rotatable bonds is 4. The molecule has 2 aromatic carbocycles. The van der Waals surface area contributed by atoms with Gasteiger partial charge in [0.2, 0.25) is 0 Å². The number of nitrogens with zero attached hydrogens (tertiary/aromatic N) is 2. The Morgan fingerprint density at radius 3 is 2.67 bits per heavy atom. The van der Waals surface area contributed by atoms with E-state index in [1.165, 1.54) is 21.2 Å². The Morgan fingerprint density at radius 2 is 1.89 bits per heavy atom. The van der Waals surface area contributed by atoms with Gasteiger partial charge in [-0.25, -0.2) is 4.98 Å². The number of halogens is 2. The molecule has 6 heteroatoms. The van der Waals surface area contributed by atoms with Crippen LogP contribution in [0.25, 0.3) is 16.3 Å². The van der Waals surface area contributed by atoms with Crippen molar-refractivity contribution in [3.8, 4) is 0 Å². The third-order valence-electron chi connectivity index (χ3n) is 4.40. The highest BCUT2D eigenvalue weighted by atomic mass is 35.5. The van der Waals surface area contributed by atoms with Crippen LogP contribution in [0, 0.1) is 0 Å². The van der Waals surface area contributed by atoms with Gasteiger partial charge in [-0.05, 0) is 67.5 Å². The second-order valence-electron chi connectivity index (χ2n) is 6.18. The third kappa shape index (κ3) is 3.90. The van der Waals surface area contributed by atoms with E-state index in [2.05, 4.69) is 37.0 Å². The Balaban J connectivity index is 1.68. The molecule has 0 saturated carbocycles. The first-order chi connectivity index (χ1) is 13.1. The van der Waals surface area contributed by atoms with Crippen LogP contribution >= 0.6 is 46.3 Å². The molecule has 1 aromatic heterocycles. The van der Waals surface area contributed by atoms with Crippen LogP contribution in [0.15, 0.2) is 58.0 Å². The average molecular weight is 433 g/mol. The van der Waals surface area contributed by atoms with Crippen LogP contribution in [-0.4, -0.2) is 11.5 Å². The van der Waals surface area contributed by atoms with Crippen molar-refractivity contribution in [3.05, 3.63) is 68.1 Å². The van der Waals surface area contributed by atoms with Crippen LogP contribution < -0.4 is 4.90 Å². The lowest BCUT2D eigenvalue weighted by Crippen LogP contribution is -2.16. The van der Waals surface area contributed by atoms with Gasteiger partial charge in [-0.1, -0.05) is 41.9 Å². The van der Waals surface area contributed by atoms with Crippen LogP contribution in [0.1, 0.15) is 25.3 Å². The summed E-state index contributed by atoms with van der Waals surface area (Å²) in [6.45, 7) is 5.24. The molecule has 0 unspecified atom stereocenters. The summed E-state index contributed by atoms with van der Waals surface area (Å²) in [5.74, 6) is 0. The molecule has 0 saturated heterocycles. The summed E-state index contributed by atoms with van der Waals surface area (Å²) in [7, 11) is 0. The molecule has 2 nitrogen and oxygen atoms in total. The van der Waals surface area contributed by atoms with Gasteiger partial charge in [0.05, 0.1) is 20.9 Å². The minimum atomic E-state index is 0.721. The van der Waals surface area contributed by atoms with E-state index in [1.807, 2.05) is 30.3 Å². The van der Waals surface area contributed by atoms with Crippen molar-refractivity contribution in [1.82, 2.24) is 4.98 Å². The van der Waals surface area contributed by atoms with Gasteiger partial charge in [-0.2, -0.15) is 0 Å². The third-order valence-corrected chi connectivity index (χ3v) is 6.97. The van der Waals surface area contributed by atoms with E-state index in [0.717, 1.165) is 38.2 Å². The maximum absolute atomic E-state index is 6.20. The van der Waals surface area contributed by atoms with Crippen LogP contribution in [-0.2, 0) is 0 Å². The summed E-state index contributed by atoms with van der Waals surface area (Å²) in [6, 6.07) is 11.9. The highest BCUT2D eigenvalue weighted by molar-refractivity contribution is 8.03. The van der Waals surface area contributed by atoms with E-state index in [-0.39, 0.29) is 0 Å². The van der Waals surface area contributed by atoms with Gasteiger partial charge in [0, 0.05) is 21.5 Å². The van der Waals surface area contributed by atoms with Gasteiger partial charge in [-0.3, -0.25) is 0 Å². The first-order valence-electron chi connectivity index (χ1n) is 8.80. The number of aromatic nitrogens is 1. The number of thiazole rings is 1. The molecule has 0 fully saturated rings. The fraction of sp³-hybridized carbons (Fsp3) is 0.190. The quantitative estimate of drug-likeness (QED) is 0.416. The molecule has 0 spiro atoms. The Morgan fingerprint density at radius 1 is 1.11 bits per heavy atom. The van der Waals surface area contributed by atoms with E-state index in [0.29, 0.717) is 0 Å². The van der Waals surface area contributed by atoms with Crippen molar-refractivity contribution in [2.45, 2.75) is 25.2 Å². The van der Waals surface area contributed by atoms with Gasteiger partial charge in [0.1, 0.15) is 5.01 Å². The lowest BCUT2D eigenvalue weighted by atomic mass is 10.2. The van der Waals surface area contributed by atoms with Crippen molar-refractivity contribution in [3.63, 3.8) is 0 Å². The van der Waals surface area contributed by atoms with Gasteiger partial charge in [-0.15, -0.1) is 11.3 Å². The normalized spacial score (nSPS) is 15.8. The average Bonchev–Trinajstić information content (AvgIpc) is 3.20. The maximum atomic E-state index is 6.20. The molecule has 1 aliphatic rings. The molecule has 4 rings (SSSR count). The van der Waals surface area contributed by atoms with Gasteiger partial charge in [0.15, 0.2) is 0 Å². The van der Waals surface area contributed by atoms with Crippen molar-refractivity contribution >= 4 is 68.3 Å². The zero-order valence-electron chi connectivity index (χ0n) is 15.0. The number of hydrogen-bond donors (Lipinski definition) is 0. The summed E-state index contributed by atoms with van der Waals surface area (Å²) in [6.07, 6.45) is 5.38. The minimum absolute atomic E-state index is 0.721. The van der Waals surface area contributed by atoms with Crippen LogP contribution in [0.3, 0.4) is 0 Å². The maximum Gasteiger partial charge on any atom is 0.117 e. The standard InChI is InChI=1S/C21H18Cl2N2S2/c1-3-13(9-20-24-16-11-14(22)5-7-18(16)26-20)10-21-25(4-2)17-12-15(23)6-8-19(17)27-21/h5-12H,3-4H2,1-2H3/b13-9+,21-10+. The van der Waals surface area contributed by atoms with Crippen LogP contribution in [0.2, 0.25) is 10.0 Å². The molecule has 27 heavy (non-hydrogen) atoms. The Bertz CT molecular complexity index is 1070. The first-order valence-corrected chi connectivity index (χ1v) is 11.2. The van der Waals surface area contributed by atoms with Gasteiger partial charge >= 0.3 is 0 Å². The SMILES string of the molecule is CCC(=C\c1nc2cc(Cl)ccc2s1)/C=C1/Sc2ccc(Cl)cc2N1CC. The largest absolute Gasteiger partial charge is 0.335 e. The van der Waals surface area contributed by atoms with Crippen LogP contribution in [0.5, 0.6) is 0 Å². The summed E-state index contributed by atoms with van der Waals surface area (Å²) in [5, 5.41) is 3.73. The van der Waals surface area contributed by atoms with E-state index in [1.54, 1.807) is 23.1 Å². The molecule has 0 amide bonds. The lowest BCUT2D eigenvalue weighted by molar-refractivity contribution is 0.998. The Hall–Kier alpha value is -1.46. The minimum Gasteiger partial charge on any atom is -0.335 e.